The van der Waals surface area contributed by atoms with Crippen molar-refractivity contribution in [3.8, 4) is 0 Å². The lowest BCUT2D eigenvalue weighted by Crippen LogP contribution is -2.31. The number of likely N-dealkylation sites (N-methyl/N-ethyl adjacent to an activating group) is 1. The van der Waals surface area contributed by atoms with Crippen molar-refractivity contribution in [3.05, 3.63) is 46.7 Å². The quantitative estimate of drug-likeness (QED) is 0.883. The maximum atomic E-state index is 5.94. The summed E-state index contributed by atoms with van der Waals surface area (Å²) in [6, 6.07) is 8.30. The maximum Gasteiger partial charge on any atom is 0.0738 e. The summed E-state index contributed by atoms with van der Waals surface area (Å²) >= 11 is 5.94. The number of nitrogens with zero attached hydrogens (tertiary/aromatic N) is 4. The minimum Gasteiger partial charge on any atom is -0.309 e. The van der Waals surface area contributed by atoms with Crippen molar-refractivity contribution in [3.63, 3.8) is 0 Å². The van der Waals surface area contributed by atoms with Gasteiger partial charge in [0.15, 0.2) is 0 Å². The van der Waals surface area contributed by atoms with Gasteiger partial charge >= 0.3 is 0 Å². The Hall–Kier alpha value is -1.43. The highest BCUT2D eigenvalue weighted by molar-refractivity contribution is 6.30. The molecule has 0 radical (unpaired) electrons. The van der Waals surface area contributed by atoms with Crippen LogP contribution in [0.4, 0.5) is 0 Å². The number of hydrogen-bond donors (Lipinski definition) is 1. The first kappa shape index (κ1) is 15.0. The zero-order valence-electron chi connectivity index (χ0n) is 12.0. The Labute approximate surface area is 124 Å². The van der Waals surface area contributed by atoms with Crippen LogP contribution in [0.5, 0.6) is 0 Å². The normalized spacial score (nSPS) is 12.8. The Balaban J connectivity index is 1.96. The molecule has 108 valence electrons. The van der Waals surface area contributed by atoms with Gasteiger partial charge in [-0.25, -0.2) is 0 Å². The fourth-order valence-electron chi connectivity index (χ4n) is 2.09. The van der Waals surface area contributed by atoms with E-state index in [0.29, 0.717) is 6.04 Å². The fraction of sp³-hybridized carbons (Fsp3) is 0.429. The zero-order valence-corrected chi connectivity index (χ0v) is 12.8. The Morgan fingerprint density at radius 1 is 1.30 bits per heavy atom. The van der Waals surface area contributed by atoms with Gasteiger partial charge in [0, 0.05) is 31.2 Å². The largest absolute Gasteiger partial charge is 0.309 e. The van der Waals surface area contributed by atoms with Crippen LogP contribution in [0.15, 0.2) is 30.5 Å². The number of aromatic nitrogens is 3. The molecule has 20 heavy (non-hydrogen) atoms. The van der Waals surface area contributed by atoms with Crippen molar-refractivity contribution in [2.24, 2.45) is 7.05 Å². The van der Waals surface area contributed by atoms with E-state index in [1.54, 1.807) is 10.9 Å². The number of nitrogens with one attached hydrogen (secondary N) is 1. The van der Waals surface area contributed by atoms with Crippen molar-refractivity contribution in [2.75, 3.05) is 20.6 Å². The van der Waals surface area contributed by atoms with E-state index in [1.807, 2.05) is 19.2 Å². The van der Waals surface area contributed by atoms with Crippen molar-refractivity contribution in [2.45, 2.75) is 12.6 Å². The van der Waals surface area contributed by atoms with Crippen molar-refractivity contribution in [1.29, 1.82) is 0 Å². The molecule has 2 rings (SSSR count). The van der Waals surface area contributed by atoms with Crippen molar-refractivity contribution >= 4 is 11.6 Å². The molecule has 0 fully saturated rings. The second kappa shape index (κ2) is 6.83. The molecule has 1 N–H and O–H groups in total. The van der Waals surface area contributed by atoms with Crippen LogP contribution in [0, 0.1) is 0 Å². The number of halogens is 1. The zero-order chi connectivity index (χ0) is 14.5. The second-order valence-electron chi connectivity index (χ2n) is 5.01. The SMILES string of the molecule is CN(C)C(CNCc1cnnn1C)c1ccc(Cl)cc1. The van der Waals surface area contributed by atoms with E-state index in [1.165, 1.54) is 5.56 Å². The van der Waals surface area contributed by atoms with Crippen LogP contribution in [0.1, 0.15) is 17.3 Å². The summed E-state index contributed by atoms with van der Waals surface area (Å²) < 4.78 is 1.78. The average Bonchev–Trinajstić information content (AvgIpc) is 2.81. The lowest BCUT2D eigenvalue weighted by molar-refractivity contribution is 0.287. The summed E-state index contributed by atoms with van der Waals surface area (Å²) in [5, 5.41) is 12.0. The summed E-state index contributed by atoms with van der Waals surface area (Å²) in [5.41, 5.74) is 2.31. The summed E-state index contributed by atoms with van der Waals surface area (Å²) in [5.74, 6) is 0. The van der Waals surface area contributed by atoms with E-state index in [4.69, 9.17) is 11.6 Å². The third-order valence-electron chi connectivity index (χ3n) is 3.33. The molecular weight excluding hydrogens is 274 g/mol. The smallest absolute Gasteiger partial charge is 0.0738 e. The summed E-state index contributed by atoms with van der Waals surface area (Å²) in [6.07, 6.45) is 1.78. The lowest BCUT2D eigenvalue weighted by Gasteiger charge is -2.25. The molecule has 0 aliphatic rings. The number of aryl methyl sites for hydroxylation is 1. The molecule has 5 nitrogen and oxygen atoms in total. The Kier molecular flexibility index (Phi) is 5.11. The van der Waals surface area contributed by atoms with Crippen molar-refractivity contribution < 1.29 is 0 Å². The van der Waals surface area contributed by atoms with Gasteiger partial charge in [-0.1, -0.05) is 28.9 Å². The van der Waals surface area contributed by atoms with Gasteiger partial charge in [-0.15, -0.1) is 5.10 Å². The molecule has 0 aliphatic heterocycles. The third-order valence-corrected chi connectivity index (χ3v) is 3.58. The highest BCUT2D eigenvalue weighted by atomic mass is 35.5. The van der Waals surface area contributed by atoms with Crippen LogP contribution in [-0.2, 0) is 13.6 Å². The highest BCUT2D eigenvalue weighted by Gasteiger charge is 2.13. The summed E-state index contributed by atoms with van der Waals surface area (Å²) in [4.78, 5) is 2.19. The van der Waals surface area contributed by atoms with Gasteiger partial charge in [0.2, 0.25) is 0 Å². The molecule has 0 amide bonds. The maximum absolute atomic E-state index is 5.94. The molecular formula is C14H20ClN5. The molecule has 2 aromatic rings. The highest BCUT2D eigenvalue weighted by Crippen LogP contribution is 2.19. The van der Waals surface area contributed by atoms with Crippen LogP contribution >= 0.6 is 11.6 Å². The van der Waals surface area contributed by atoms with Crippen LogP contribution in [0.3, 0.4) is 0 Å². The van der Waals surface area contributed by atoms with Gasteiger partial charge in [0.1, 0.15) is 0 Å². The molecule has 1 atom stereocenters. The van der Waals surface area contributed by atoms with E-state index in [-0.39, 0.29) is 0 Å². The van der Waals surface area contributed by atoms with E-state index in [2.05, 4.69) is 46.8 Å². The second-order valence-corrected chi connectivity index (χ2v) is 5.45. The first-order chi connectivity index (χ1) is 9.58. The van der Waals surface area contributed by atoms with Crippen LogP contribution in [0.2, 0.25) is 5.02 Å². The lowest BCUT2D eigenvalue weighted by atomic mass is 10.1. The predicted molar refractivity (Wildman–Crippen MR) is 80.6 cm³/mol. The van der Waals surface area contributed by atoms with E-state index < -0.39 is 0 Å². The van der Waals surface area contributed by atoms with E-state index in [9.17, 15) is 0 Å². The van der Waals surface area contributed by atoms with Gasteiger partial charge in [0.05, 0.1) is 11.9 Å². The van der Waals surface area contributed by atoms with Crippen LogP contribution in [0.25, 0.3) is 0 Å². The molecule has 1 heterocycles. The Morgan fingerprint density at radius 3 is 2.55 bits per heavy atom. The Morgan fingerprint density at radius 2 is 2.00 bits per heavy atom. The number of rotatable bonds is 6. The minimum absolute atomic E-state index is 0.299. The molecule has 0 saturated carbocycles. The standard InChI is InChI=1S/C14H20ClN5/c1-19(2)14(11-4-6-12(15)7-5-11)10-16-8-13-9-17-18-20(13)3/h4-7,9,14,16H,8,10H2,1-3H3. The van der Waals surface area contributed by atoms with E-state index in [0.717, 1.165) is 23.8 Å². The third kappa shape index (κ3) is 3.79. The van der Waals surface area contributed by atoms with Gasteiger partial charge in [0.25, 0.3) is 0 Å². The van der Waals surface area contributed by atoms with Crippen LogP contribution in [-0.4, -0.2) is 40.5 Å². The van der Waals surface area contributed by atoms with Crippen molar-refractivity contribution in [1.82, 2.24) is 25.2 Å². The molecule has 6 heteroatoms. The molecule has 1 aromatic heterocycles. The summed E-state index contributed by atoms with van der Waals surface area (Å²) in [6.45, 7) is 1.60. The predicted octanol–water partition coefficient (Wildman–Crippen LogP) is 1.86. The van der Waals surface area contributed by atoms with Crippen LogP contribution < -0.4 is 5.32 Å². The van der Waals surface area contributed by atoms with Gasteiger partial charge in [-0.05, 0) is 31.8 Å². The average molecular weight is 294 g/mol. The number of hydrogen-bond acceptors (Lipinski definition) is 4. The molecule has 0 spiro atoms. The van der Waals surface area contributed by atoms with Gasteiger partial charge in [-0.2, -0.15) is 0 Å². The first-order valence-electron chi connectivity index (χ1n) is 6.54. The topological polar surface area (TPSA) is 46.0 Å². The van der Waals surface area contributed by atoms with Gasteiger partial charge < -0.3 is 10.2 Å². The molecule has 1 aromatic carbocycles. The molecule has 1 unspecified atom stereocenters. The summed E-state index contributed by atoms with van der Waals surface area (Å²) in [7, 11) is 6.05. The molecule has 0 bridgehead atoms. The van der Waals surface area contributed by atoms with E-state index >= 15 is 0 Å². The first-order valence-corrected chi connectivity index (χ1v) is 6.92. The molecule has 0 saturated heterocycles. The Bertz CT molecular complexity index is 535. The monoisotopic (exact) mass is 293 g/mol. The molecule has 0 aliphatic carbocycles. The minimum atomic E-state index is 0.299. The van der Waals surface area contributed by atoms with Gasteiger partial charge in [-0.3, -0.25) is 4.68 Å². The fourth-order valence-corrected chi connectivity index (χ4v) is 2.22. The number of benzene rings is 1.